The average molecular weight is 467 g/mol. The largest absolute Gasteiger partial charge is 0.334 e. The summed E-state index contributed by atoms with van der Waals surface area (Å²) in [6.07, 6.45) is 7.09. The Balaban J connectivity index is 1.68. The standard InChI is InChI=1S/C26H31ClN4O2/c27-24-12-11-23(30-25(32)13-8-19-4-1-2-5-19)16-22(24)18-31(15-3-14-28)26(33)21-9-6-20(17-29)7-10-21/h6-7,9-12,16,19H,1-5,8,13-15,18,28H2,(H,30,32). The van der Waals surface area contributed by atoms with Crippen LogP contribution in [0.2, 0.25) is 5.02 Å². The summed E-state index contributed by atoms with van der Waals surface area (Å²) in [4.78, 5) is 27.3. The van der Waals surface area contributed by atoms with Crippen LogP contribution >= 0.6 is 11.6 Å². The highest BCUT2D eigenvalue weighted by molar-refractivity contribution is 6.31. The number of anilines is 1. The minimum atomic E-state index is -0.157. The lowest BCUT2D eigenvalue weighted by Crippen LogP contribution is -2.32. The number of amides is 2. The van der Waals surface area contributed by atoms with Crippen molar-refractivity contribution in [2.45, 2.75) is 51.5 Å². The van der Waals surface area contributed by atoms with Gasteiger partial charge < -0.3 is 16.0 Å². The molecule has 2 amide bonds. The normalized spacial score (nSPS) is 13.5. The maximum atomic E-state index is 13.1. The van der Waals surface area contributed by atoms with Crippen LogP contribution in [-0.4, -0.2) is 29.8 Å². The predicted molar refractivity (Wildman–Crippen MR) is 131 cm³/mol. The van der Waals surface area contributed by atoms with Crippen LogP contribution in [0, 0.1) is 17.2 Å². The molecule has 0 bridgehead atoms. The first-order chi connectivity index (χ1) is 16.0. The van der Waals surface area contributed by atoms with Gasteiger partial charge in [-0.25, -0.2) is 0 Å². The molecule has 1 aliphatic rings. The Hall–Kier alpha value is -2.88. The van der Waals surface area contributed by atoms with Gasteiger partial charge in [0.25, 0.3) is 5.91 Å². The Kier molecular flexibility index (Phi) is 9.29. The molecular weight excluding hydrogens is 436 g/mol. The van der Waals surface area contributed by atoms with Gasteiger partial charge in [-0.1, -0.05) is 37.3 Å². The van der Waals surface area contributed by atoms with Crippen molar-refractivity contribution in [3.05, 3.63) is 64.2 Å². The summed E-state index contributed by atoms with van der Waals surface area (Å²) in [5, 5.41) is 12.5. The molecule has 3 N–H and O–H groups in total. The first kappa shape index (κ1) is 24.8. The SMILES string of the molecule is N#Cc1ccc(C(=O)N(CCCN)Cc2cc(NC(=O)CCC3CCCC3)ccc2Cl)cc1. The Morgan fingerprint density at radius 3 is 2.55 bits per heavy atom. The topological polar surface area (TPSA) is 99.2 Å². The van der Waals surface area contributed by atoms with E-state index in [1.54, 1.807) is 41.3 Å². The summed E-state index contributed by atoms with van der Waals surface area (Å²) >= 11 is 6.44. The van der Waals surface area contributed by atoms with Gasteiger partial charge in [0.2, 0.25) is 5.91 Å². The predicted octanol–water partition coefficient (Wildman–Crippen LogP) is 5.11. The maximum absolute atomic E-state index is 13.1. The molecule has 7 heteroatoms. The van der Waals surface area contributed by atoms with E-state index in [2.05, 4.69) is 11.4 Å². The van der Waals surface area contributed by atoms with E-state index in [1.165, 1.54) is 25.7 Å². The fourth-order valence-electron chi connectivity index (χ4n) is 4.24. The number of carbonyl (C=O) groups is 2. The number of nitriles is 1. The van der Waals surface area contributed by atoms with E-state index in [9.17, 15) is 9.59 Å². The van der Waals surface area contributed by atoms with Gasteiger partial charge in [-0.05, 0) is 73.3 Å². The lowest BCUT2D eigenvalue weighted by Gasteiger charge is -2.24. The van der Waals surface area contributed by atoms with Crippen LogP contribution in [0.4, 0.5) is 5.69 Å². The molecule has 1 fully saturated rings. The molecule has 0 unspecified atom stereocenters. The van der Waals surface area contributed by atoms with E-state index in [0.29, 0.717) is 60.2 Å². The molecule has 2 aromatic carbocycles. The van der Waals surface area contributed by atoms with E-state index in [4.69, 9.17) is 22.6 Å². The average Bonchev–Trinajstić information content (AvgIpc) is 3.36. The Labute approximate surface area is 200 Å². The fourth-order valence-corrected chi connectivity index (χ4v) is 4.42. The third-order valence-corrected chi connectivity index (χ3v) is 6.49. The zero-order valence-electron chi connectivity index (χ0n) is 18.9. The molecule has 0 aliphatic heterocycles. The van der Waals surface area contributed by atoms with Gasteiger partial charge in [0.1, 0.15) is 0 Å². The van der Waals surface area contributed by atoms with Gasteiger partial charge in [0.05, 0.1) is 11.6 Å². The molecule has 33 heavy (non-hydrogen) atoms. The first-order valence-corrected chi connectivity index (χ1v) is 12.0. The number of hydrogen-bond acceptors (Lipinski definition) is 4. The molecule has 0 atom stereocenters. The van der Waals surface area contributed by atoms with Crippen LogP contribution in [0.3, 0.4) is 0 Å². The molecule has 2 aromatic rings. The molecule has 0 heterocycles. The van der Waals surface area contributed by atoms with Crippen LogP contribution in [-0.2, 0) is 11.3 Å². The fraction of sp³-hybridized carbons (Fsp3) is 0.423. The van der Waals surface area contributed by atoms with E-state index >= 15 is 0 Å². The molecule has 6 nitrogen and oxygen atoms in total. The molecular formula is C26H31ClN4O2. The van der Waals surface area contributed by atoms with Gasteiger partial charge in [-0.2, -0.15) is 5.26 Å². The number of nitrogens with zero attached hydrogens (tertiary/aromatic N) is 2. The van der Waals surface area contributed by atoms with E-state index < -0.39 is 0 Å². The molecule has 1 saturated carbocycles. The zero-order valence-corrected chi connectivity index (χ0v) is 19.6. The quantitative estimate of drug-likeness (QED) is 0.508. The molecule has 0 spiro atoms. The van der Waals surface area contributed by atoms with Crippen LogP contribution in [0.1, 0.15) is 66.4 Å². The van der Waals surface area contributed by atoms with Crippen LogP contribution < -0.4 is 11.1 Å². The van der Waals surface area contributed by atoms with Crippen molar-refractivity contribution >= 4 is 29.1 Å². The maximum Gasteiger partial charge on any atom is 0.254 e. The van der Waals surface area contributed by atoms with Crippen LogP contribution in [0.15, 0.2) is 42.5 Å². The lowest BCUT2D eigenvalue weighted by molar-refractivity contribution is -0.116. The summed E-state index contributed by atoms with van der Waals surface area (Å²) in [6.45, 7) is 1.23. The van der Waals surface area contributed by atoms with Gasteiger partial charge in [-0.15, -0.1) is 0 Å². The monoisotopic (exact) mass is 466 g/mol. The van der Waals surface area contributed by atoms with Crippen LogP contribution in [0.25, 0.3) is 0 Å². The molecule has 0 radical (unpaired) electrons. The molecule has 1 aliphatic carbocycles. The van der Waals surface area contributed by atoms with Crippen molar-refractivity contribution in [1.82, 2.24) is 4.90 Å². The number of hydrogen-bond donors (Lipinski definition) is 2. The van der Waals surface area contributed by atoms with Gasteiger partial charge in [-0.3, -0.25) is 9.59 Å². The second-order valence-electron chi connectivity index (χ2n) is 8.60. The molecule has 0 saturated heterocycles. The van der Waals surface area contributed by atoms with Crippen molar-refractivity contribution in [2.24, 2.45) is 11.7 Å². The minimum absolute atomic E-state index is 0.00354. The van der Waals surface area contributed by atoms with Gasteiger partial charge in [0.15, 0.2) is 0 Å². The molecule has 3 rings (SSSR count). The summed E-state index contributed by atoms with van der Waals surface area (Å²) in [5.74, 6) is 0.514. The number of nitrogens with one attached hydrogen (secondary N) is 1. The summed E-state index contributed by atoms with van der Waals surface area (Å²) in [5.41, 5.74) is 8.11. The summed E-state index contributed by atoms with van der Waals surface area (Å²) in [7, 11) is 0. The Bertz CT molecular complexity index is 994. The number of carbonyl (C=O) groups excluding carboxylic acids is 2. The van der Waals surface area contributed by atoms with Crippen molar-refractivity contribution in [2.75, 3.05) is 18.4 Å². The van der Waals surface area contributed by atoms with E-state index in [1.807, 2.05) is 6.07 Å². The number of nitrogens with two attached hydrogens (primary N) is 1. The number of rotatable bonds is 10. The van der Waals surface area contributed by atoms with Crippen LogP contribution in [0.5, 0.6) is 0 Å². The molecule has 0 aromatic heterocycles. The van der Waals surface area contributed by atoms with Gasteiger partial charge >= 0.3 is 0 Å². The highest BCUT2D eigenvalue weighted by Crippen LogP contribution is 2.29. The second-order valence-corrected chi connectivity index (χ2v) is 9.01. The minimum Gasteiger partial charge on any atom is -0.334 e. The van der Waals surface area contributed by atoms with Crippen molar-refractivity contribution in [3.8, 4) is 6.07 Å². The zero-order chi connectivity index (χ0) is 23.6. The Morgan fingerprint density at radius 2 is 1.88 bits per heavy atom. The first-order valence-electron chi connectivity index (χ1n) is 11.6. The summed E-state index contributed by atoms with van der Waals surface area (Å²) < 4.78 is 0. The highest BCUT2D eigenvalue weighted by Gasteiger charge is 2.19. The van der Waals surface area contributed by atoms with Gasteiger partial charge in [0, 0.05) is 35.8 Å². The summed E-state index contributed by atoms with van der Waals surface area (Å²) in [6, 6.07) is 14.0. The smallest absolute Gasteiger partial charge is 0.254 e. The van der Waals surface area contributed by atoms with E-state index in [-0.39, 0.29) is 11.8 Å². The van der Waals surface area contributed by atoms with Crippen molar-refractivity contribution in [1.29, 1.82) is 5.26 Å². The van der Waals surface area contributed by atoms with E-state index in [0.717, 1.165) is 12.0 Å². The molecule has 174 valence electrons. The lowest BCUT2D eigenvalue weighted by atomic mass is 10.0. The number of benzene rings is 2. The third-order valence-electron chi connectivity index (χ3n) is 6.13. The second kappa shape index (κ2) is 12.4. The third kappa shape index (κ3) is 7.31. The van der Waals surface area contributed by atoms with Crippen molar-refractivity contribution in [3.63, 3.8) is 0 Å². The number of halogens is 1. The van der Waals surface area contributed by atoms with Crippen molar-refractivity contribution < 1.29 is 9.59 Å². The highest BCUT2D eigenvalue weighted by atomic mass is 35.5. The Morgan fingerprint density at radius 1 is 1.15 bits per heavy atom.